The van der Waals surface area contributed by atoms with Gasteiger partial charge in [-0.1, -0.05) is 28.1 Å². The third kappa shape index (κ3) is 3.72. The molecule has 3 rings (SSSR count). The quantitative estimate of drug-likeness (QED) is 0.553. The van der Waals surface area contributed by atoms with Crippen LogP contribution in [-0.4, -0.2) is 31.8 Å². The summed E-state index contributed by atoms with van der Waals surface area (Å²) < 4.78 is 2.50. The first-order valence-electron chi connectivity index (χ1n) is 7.07. The number of hydrogen-bond acceptors (Lipinski definition) is 5. The lowest BCUT2D eigenvalue weighted by Gasteiger charge is -2.04. The minimum absolute atomic E-state index is 0.283. The van der Waals surface area contributed by atoms with Gasteiger partial charge in [0.15, 0.2) is 0 Å². The SMILES string of the molecule is C/C(=N\NC(=O)c1ccc(-n2cnnn2)cc1)c1ccc(Br)cc1. The number of nitrogens with one attached hydrogen (secondary N) is 1. The molecule has 24 heavy (non-hydrogen) atoms. The number of carbonyl (C=O) groups is 1. The van der Waals surface area contributed by atoms with E-state index in [0.29, 0.717) is 5.56 Å². The van der Waals surface area contributed by atoms with Crippen LogP contribution in [0.2, 0.25) is 0 Å². The summed E-state index contributed by atoms with van der Waals surface area (Å²) in [5.74, 6) is -0.283. The second-order valence-electron chi connectivity index (χ2n) is 4.95. The Morgan fingerprint density at radius 1 is 1.08 bits per heavy atom. The van der Waals surface area contributed by atoms with Crippen molar-refractivity contribution in [3.05, 3.63) is 70.5 Å². The van der Waals surface area contributed by atoms with Crippen molar-refractivity contribution in [3.8, 4) is 5.69 Å². The Hall–Kier alpha value is -2.87. The van der Waals surface area contributed by atoms with Crippen LogP contribution in [0.5, 0.6) is 0 Å². The van der Waals surface area contributed by atoms with Gasteiger partial charge >= 0.3 is 0 Å². The van der Waals surface area contributed by atoms with E-state index in [1.807, 2.05) is 31.2 Å². The smallest absolute Gasteiger partial charge is 0.267 e. The second-order valence-corrected chi connectivity index (χ2v) is 5.86. The van der Waals surface area contributed by atoms with Gasteiger partial charge in [-0.25, -0.2) is 10.1 Å². The Kier molecular flexibility index (Phi) is 4.76. The summed E-state index contributed by atoms with van der Waals surface area (Å²) in [6.45, 7) is 1.84. The second kappa shape index (κ2) is 7.14. The molecule has 1 aromatic heterocycles. The minimum atomic E-state index is -0.283. The van der Waals surface area contributed by atoms with Gasteiger partial charge in [0.05, 0.1) is 11.4 Å². The summed E-state index contributed by atoms with van der Waals surface area (Å²) in [5.41, 5.74) is 5.49. The molecule has 1 heterocycles. The van der Waals surface area contributed by atoms with Gasteiger partial charge in [-0.2, -0.15) is 5.10 Å². The molecule has 0 bridgehead atoms. The normalized spacial score (nSPS) is 11.3. The van der Waals surface area contributed by atoms with Crippen molar-refractivity contribution in [2.75, 3.05) is 0 Å². The van der Waals surface area contributed by atoms with Gasteiger partial charge in [0.25, 0.3) is 5.91 Å². The average molecular weight is 385 g/mol. The number of rotatable bonds is 4. The largest absolute Gasteiger partial charge is 0.271 e. The van der Waals surface area contributed by atoms with E-state index >= 15 is 0 Å². The van der Waals surface area contributed by atoms with E-state index in [-0.39, 0.29) is 5.91 Å². The zero-order valence-electron chi connectivity index (χ0n) is 12.7. The lowest BCUT2D eigenvalue weighted by Crippen LogP contribution is -2.19. The molecule has 0 atom stereocenters. The van der Waals surface area contributed by atoms with Gasteiger partial charge in [-0.15, -0.1) is 5.10 Å². The van der Waals surface area contributed by atoms with E-state index in [1.165, 1.54) is 11.0 Å². The Bertz CT molecular complexity index is 857. The topological polar surface area (TPSA) is 85.1 Å². The molecule has 120 valence electrons. The van der Waals surface area contributed by atoms with Crippen LogP contribution in [0, 0.1) is 0 Å². The van der Waals surface area contributed by atoms with Crippen LogP contribution in [0.4, 0.5) is 0 Å². The third-order valence-electron chi connectivity index (χ3n) is 3.33. The molecule has 0 radical (unpaired) electrons. The molecule has 3 aromatic rings. The van der Waals surface area contributed by atoms with Gasteiger partial charge in [0.2, 0.25) is 0 Å². The number of carbonyl (C=O) groups excluding carboxylic acids is 1. The lowest BCUT2D eigenvalue weighted by atomic mass is 10.1. The molecule has 7 nitrogen and oxygen atoms in total. The maximum Gasteiger partial charge on any atom is 0.271 e. The fourth-order valence-electron chi connectivity index (χ4n) is 2.00. The van der Waals surface area contributed by atoms with Crippen LogP contribution in [-0.2, 0) is 0 Å². The molecule has 0 fully saturated rings. The molecule has 8 heteroatoms. The maximum atomic E-state index is 12.2. The van der Waals surface area contributed by atoms with E-state index in [9.17, 15) is 4.79 Å². The number of hydrogen-bond donors (Lipinski definition) is 1. The fraction of sp³-hybridized carbons (Fsp3) is 0.0625. The summed E-state index contributed by atoms with van der Waals surface area (Å²) >= 11 is 3.38. The lowest BCUT2D eigenvalue weighted by molar-refractivity contribution is 0.0955. The molecule has 0 saturated carbocycles. The Morgan fingerprint density at radius 3 is 2.38 bits per heavy atom. The maximum absolute atomic E-state index is 12.2. The molecule has 2 aromatic carbocycles. The average Bonchev–Trinajstić information content (AvgIpc) is 3.15. The van der Waals surface area contributed by atoms with Crippen molar-refractivity contribution < 1.29 is 4.79 Å². The van der Waals surface area contributed by atoms with Gasteiger partial charge in [-0.3, -0.25) is 4.79 Å². The molecule has 1 amide bonds. The van der Waals surface area contributed by atoms with Gasteiger partial charge in [0.1, 0.15) is 6.33 Å². The standard InChI is InChI=1S/C16H13BrN6O/c1-11(12-2-6-14(17)7-3-12)19-20-16(24)13-4-8-15(9-5-13)23-10-18-21-22-23/h2-10H,1H3,(H,20,24)/b19-11+. The highest BCUT2D eigenvalue weighted by atomic mass is 79.9. The summed E-state index contributed by atoms with van der Waals surface area (Å²) in [4.78, 5) is 12.2. The highest BCUT2D eigenvalue weighted by Gasteiger charge is 2.06. The summed E-state index contributed by atoms with van der Waals surface area (Å²) in [7, 11) is 0. The van der Waals surface area contributed by atoms with Crippen LogP contribution < -0.4 is 5.43 Å². The van der Waals surface area contributed by atoms with Crippen molar-refractivity contribution in [1.29, 1.82) is 0 Å². The number of aromatic nitrogens is 4. The van der Waals surface area contributed by atoms with Crippen molar-refractivity contribution in [1.82, 2.24) is 25.6 Å². The highest BCUT2D eigenvalue weighted by Crippen LogP contribution is 2.11. The first-order valence-corrected chi connectivity index (χ1v) is 7.87. The molecular formula is C16H13BrN6O. The molecule has 0 aliphatic carbocycles. The first kappa shape index (κ1) is 16.0. The predicted octanol–water partition coefficient (Wildman–Crippen LogP) is 2.58. The van der Waals surface area contributed by atoms with Crippen LogP contribution in [0.3, 0.4) is 0 Å². The molecule has 0 unspecified atom stereocenters. The molecule has 0 saturated heterocycles. The van der Waals surface area contributed by atoms with Gasteiger partial charge in [-0.05, 0) is 59.3 Å². The Labute approximate surface area is 146 Å². The number of tetrazole rings is 1. The van der Waals surface area contributed by atoms with Crippen LogP contribution in [0.1, 0.15) is 22.8 Å². The monoisotopic (exact) mass is 384 g/mol. The number of halogens is 1. The number of amides is 1. The van der Waals surface area contributed by atoms with E-state index < -0.39 is 0 Å². The zero-order chi connectivity index (χ0) is 16.9. The number of nitrogens with zero attached hydrogens (tertiary/aromatic N) is 5. The first-order chi connectivity index (χ1) is 11.6. The van der Waals surface area contributed by atoms with Crippen molar-refractivity contribution in [3.63, 3.8) is 0 Å². The van der Waals surface area contributed by atoms with Crippen molar-refractivity contribution in [2.45, 2.75) is 6.92 Å². The Morgan fingerprint density at radius 2 is 1.75 bits per heavy atom. The van der Waals surface area contributed by atoms with E-state index in [0.717, 1.165) is 21.4 Å². The molecule has 0 spiro atoms. The summed E-state index contributed by atoms with van der Waals surface area (Å²) in [6.07, 6.45) is 1.49. The summed E-state index contributed by atoms with van der Waals surface area (Å²) in [5, 5.41) is 15.1. The molecule has 1 N–H and O–H groups in total. The van der Waals surface area contributed by atoms with Crippen molar-refractivity contribution in [2.24, 2.45) is 5.10 Å². The van der Waals surface area contributed by atoms with Crippen LogP contribution >= 0.6 is 15.9 Å². The van der Waals surface area contributed by atoms with E-state index in [2.05, 4.69) is 42.0 Å². The van der Waals surface area contributed by atoms with E-state index in [1.54, 1.807) is 24.3 Å². The number of hydrazone groups is 1. The molecular weight excluding hydrogens is 372 g/mol. The third-order valence-corrected chi connectivity index (χ3v) is 3.86. The highest BCUT2D eigenvalue weighted by molar-refractivity contribution is 9.10. The molecule has 0 aliphatic rings. The Balaban J connectivity index is 1.68. The van der Waals surface area contributed by atoms with E-state index in [4.69, 9.17) is 0 Å². The summed E-state index contributed by atoms with van der Waals surface area (Å²) in [6, 6.07) is 14.6. The fourth-order valence-corrected chi connectivity index (χ4v) is 2.26. The van der Waals surface area contributed by atoms with Crippen molar-refractivity contribution >= 4 is 27.5 Å². The molecule has 0 aliphatic heterocycles. The zero-order valence-corrected chi connectivity index (χ0v) is 14.3. The minimum Gasteiger partial charge on any atom is -0.267 e. The van der Waals surface area contributed by atoms with Crippen LogP contribution in [0.25, 0.3) is 5.69 Å². The van der Waals surface area contributed by atoms with Crippen LogP contribution in [0.15, 0.2) is 64.4 Å². The van der Waals surface area contributed by atoms with Gasteiger partial charge in [0, 0.05) is 10.0 Å². The van der Waals surface area contributed by atoms with Gasteiger partial charge < -0.3 is 0 Å². The predicted molar refractivity (Wildman–Crippen MR) is 93.0 cm³/mol. The number of benzene rings is 2.